The summed E-state index contributed by atoms with van der Waals surface area (Å²) >= 11 is 0. The smallest absolute Gasteiger partial charge is 0.231 e. The molecule has 6 nitrogen and oxygen atoms in total. The highest BCUT2D eigenvalue weighted by Crippen LogP contribution is 2.35. The van der Waals surface area contributed by atoms with Crippen LogP contribution in [-0.4, -0.2) is 61.2 Å². The molecule has 3 heterocycles. The first kappa shape index (κ1) is 17.1. The third-order valence-corrected chi connectivity index (χ3v) is 5.66. The number of benzene rings is 1. The second kappa shape index (κ2) is 7.50. The molecule has 138 valence electrons. The molecular formula is C19H28N2O4. The third-order valence-electron chi connectivity index (χ3n) is 5.66. The van der Waals surface area contributed by atoms with Crippen LogP contribution in [0.1, 0.15) is 37.9 Å². The molecule has 1 unspecified atom stereocenters. The number of piperidine rings is 1. The van der Waals surface area contributed by atoms with Crippen LogP contribution in [0.25, 0.3) is 0 Å². The van der Waals surface area contributed by atoms with Crippen LogP contribution in [0, 0.1) is 0 Å². The molecule has 0 radical (unpaired) electrons. The number of hydrogen-bond acceptors (Lipinski definition) is 6. The Kier molecular flexibility index (Phi) is 5.12. The van der Waals surface area contributed by atoms with E-state index in [1.54, 1.807) is 0 Å². The van der Waals surface area contributed by atoms with Crippen molar-refractivity contribution in [2.75, 3.05) is 33.1 Å². The van der Waals surface area contributed by atoms with Crippen LogP contribution in [0.15, 0.2) is 18.2 Å². The Morgan fingerprint density at radius 3 is 2.72 bits per heavy atom. The van der Waals surface area contributed by atoms with Crippen LogP contribution in [-0.2, 0) is 4.74 Å². The zero-order valence-electron chi connectivity index (χ0n) is 14.8. The van der Waals surface area contributed by atoms with Crippen molar-refractivity contribution in [3.63, 3.8) is 0 Å². The van der Waals surface area contributed by atoms with Gasteiger partial charge in [-0.1, -0.05) is 6.07 Å². The average molecular weight is 348 g/mol. The second-order valence-electron chi connectivity index (χ2n) is 7.34. The Balaban J connectivity index is 1.29. The van der Waals surface area contributed by atoms with E-state index in [9.17, 15) is 5.11 Å². The number of ether oxygens (including phenoxy) is 3. The molecule has 2 saturated heterocycles. The quantitative estimate of drug-likeness (QED) is 0.844. The second-order valence-corrected chi connectivity index (χ2v) is 7.34. The van der Waals surface area contributed by atoms with Crippen LogP contribution in [0.2, 0.25) is 0 Å². The number of aliphatic hydroxyl groups is 1. The molecule has 2 fully saturated rings. The SMILES string of the molecule is C[C@H](NC1CCN(C2CCOC2)CC1)[C@H](O)c1ccc2c(c1)OCO2. The lowest BCUT2D eigenvalue weighted by atomic mass is 9.98. The maximum Gasteiger partial charge on any atom is 0.231 e. The molecule has 0 amide bonds. The highest BCUT2D eigenvalue weighted by molar-refractivity contribution is 5.45. The minimum Gasteiger partial charge on any atom is -0.454 e. The Labute approximate surface area is 149 Å². The Bertz CT molecular complexity index is 583. The van der Waals surface area contributed by atoms with E-state index in [0.29, 0.717) is 12.1 Å². The first-order valence-corrected chi connectivity index (χ1v) is 9.36. The van der Waals surface area contributed by atoms with E-state index in [0.717, 1.165) is 62.6 Å². The van der Waals surface area contributed by atoms with Gasteiger partial charge in [-0.2, -0.15) is 0 Å². The average Bonchev–Trinajstić information content (AvgIpc) is 3.32. The Hall–Kier alpha value is -1.34. The lowest BCUT2D eigenvalue weighted by molar-refractivity contribution is 0.0958. The van der Waals surface area contributed by atoms with Crippen molar-refractivity contribution < 1.29 is 19.3 Å². The molecule has 0 bridgehead atoms. The van der Waals surface area contributed by atoms with Gasteiger partial charge >= 0.3 is 0 Å². The van der Waals surface area contributed by atoms with Gasteiger partial charge in [-0.15, -0.1) is 0 Å². The highest BCUT2D eigenvalue weighted by Gasteiger charge is 2.29. The summed E-state index contributed by atoms with van der Waals surface area (Å²) in [6.07, 6.45) is 2.84. The van der Waals surface area contributed by atoms with Crippen molar-refractivity contribution in [1.82, 2.24) is 10.2 Å². The number of fused-ring (bicyclic) bond motifs is 1. The largest absolute Gasteiger partial charge is 0.454 e. The van der Waals surface area contributed by atoms with Crippen molar-refractivity contribution in [2.45, 2.75) is 50.4 Å². The molecule has 1 aromatic rings. The van der Waals surface area contributed by atoms with E-state index in [1.165, 1.54) is 0 Å². The van der Waals surface area contributed by atoms with E-state index < -0.39 is 6.10 Å². The Morgan fingerprint density at radius 2 is 1.96 bits per heavy atom. The minimum absolute atomic E-state index is 0.00765. The monoisotopic (exact) mass is 348 g/mol. The van der Waals surface area contributed by atoms with Gasteiger partial charge in [-0.05, 0) is 43.9 Å². The van der Waals surface area contributed by atoms with E-state index in [-0.39, 0.29) is 12.8 Å². The van der Waals surface area contributed by atoms with Crippen molar-refractivity contribution >= 4 is 0 Å². The predicted molar refractivity (Wildman–Crippen MR) is 93.9 cm³/mol. The standard InChI is InChI=1S/C19H28N2O4/c1-13(19(22)14-2-3-17-18(10-14)25-12-24-17)20-15-4-7-21(8-5-15)16-6-9-23-11-16/h2-3,10,13,15-16,19-20,22H,4-9,11-12H2,1H3/t13-,16?,19-/m0/s1. The molecule has 3 aliphatic rings. The van der Waals surface area contributed by atoms with Crippen molar-refractivity contribution in [2.24, 2.45) is 0 Å². The van der Waals surface area contributed by atoms with Gasteiger partial charge in [0.05, 0.1) is 12.7 Å². The molecule has 2 N–H and O–H groups in total. The summed E-state index contributed by atoms with van der Waals surface area (Å²) < 4.78 is 16.2. The fourth-order valence-electron chi connectivity index (χ4n) is 4.09. The summed E-state index contributed by atoms with van der Waals surface area (Å²) in [6, 6.07) is 6.73. The number of aliphatic hydroxyl groups excluding tert-OH is 1. The van der Waals surface area contributed by atoms with Crippen molar-refractivity contribution in [1.29, 1.82) is 0 Å². The van der Waals surface area contributed by atoms with Gasteiger partial charge in [0, 0.05) is 37.8 Å². The maximum atomic E-state index is 10.7. The zero-order chi connectivity index (χ0) is 17.2. The molecule has 4 rings (SSSR count). The zero-order valence-corrected chi connectivity index (χ0v) is 14.8. The number of likely N-dealkylation sites (tertiary alicyclic amines) is 1. The van der Waals surface area contributed by atoms with Gasteiger partial charge in [0.2, 0.25) is 6.79 Å². The summed E-state index contributed by atoms with van der Waals surface area (Å²) in [5.41, 5.74) is 0.866. The van der Waals surface area contributed by atoms with Gasteiger partial charge in [-0.3, -0.25) is 4.90 Å². The highest BCUT2D eigenvalue weighted by atomic mass is 16.7. The van der Waals surface area contributed by atoms with Crippen LogP contribution in [0.5, 0.6) is 11.5 Å². The number of hydrogen-bond donors (Lipinski definition) is 2. The normalized spacial score (nSPS) is 26.7. The van der Waals surface area contributed by atoms with E-state index in [4.69, 9.17) is 14.2 Å². The van der Waals surface area contributed by atoms with Crippen molar-refractivity contribution in [3.05, 3.63) is 23.8 Å². The van der Waals surface area contributed by atoms with Gasteiger partial charge in [0.1, 0.15) is 0 Å². The lowest BCUT2D eigenvalue weighted by Crippen LogP contribution is -2.49. The van der Waals surface area contributed by atoms with E-state index in [2.05, 4.69) is 10.2 Å². The van der Waals surface area contributed by atoms with E-state index in [1.807, 2.05) is 25.1 Å². The minimum atomic E-state index is -0.559. The molecule has 3 aliphatic heterocycles. The van der Waals surface area contributed by atoms with Gasteiger partial charge in [0.15, 0.2) is 11.5 Å². The molecule has 6 heteroatoms. The van der Waals surface area contributed by atoms with Crippen LogP contribution < -0.4 is 14.8 Å². The number of rotatable bonds is 5. The summed E-state index contributed by atoms with van der Waals surface area (Å²) in [5.74, 6) is 1.47. The molecule has 0 aliphatic carbocycles. The van der Waals surface area contributed by atoms with Gasteiger partial charge in [0.25, 0.3) is 0 Å². The van der Waals surface area contributed by atoms with Crippen LogP contribution in [0.4, 0.5) is 0 Å². The summed E-state index contributed by atoms with van der Waals surface area (Å²) in [7, 11) is 0. The van der Waals surface area contributed by atoms with Gasteiger partial charge < -0.3 is 24.6 Å². The summed E-state index contributed by atoms with van der Waals surface area (Å²) in [4.78, 5) is 2.56. The van der Waals surface area contributed by atoms with Crippen LogP contribution >= 0.6 is 0 Å². The molecule has 1 aromatic carbocycles. The van der Waals surface area contributed by atoms with Gasteiger partial charge in [-0.25, -0.2) is 0 Å². The molecule has 25 heavy (non-hydrogen) atoms. The first-order chi connectivity index (χ1) is 12.2. The first-order valence-electron chi connectivity index (χ1n) is 9.36. The summed E-state index contributed by atoms with van der Waals surface area (Å²) in [6.45, 7) is 6.32. The molecular weight excluding hydrogens is 320 g/mol. The summed E-state index contributed by atoms with van der Waals surface area (Å²) in [5, 5.41) is 14.3. The number of nitrogens with one attached hydrogen (secondary N) is 1. The fourth-order valence-corrected chi connectivity index (χ4v) is 4.09. The molecule has 0 aromatic heterocycles. The predicted octanol–water partition coefficient (Wildman–Crippen LogP) is 1.68. The third kappa shape index (κ3) is 3.77. The lowest BCUT2D eigenvalue weighted by Gasteiger charge is -2.37. The number of nitrogens with zero attached hydrogens (tertiary/aromatic N) is 1. The fraction of sp³-hybridized carbons (Fsp3) is 0.684. The van der Waals surface area contributed by atoms with Crippen LogP contribution in [0.3, 0.4) is 0 Å². The Morgan fingerprint density at radius 1 is 1.16 bits per heavy atom. The maximum absolute atomic E-state index is 10.7. The molecule has 0 spiro atoms. The topological polar surface area (TPSA) is 63.2 Å². The molecule has 3 atom stereocenters. The molecule has 0 saturated carbocycles. The van der Waals surface area contributed by atoms with E-state index >= 15 is 0 Å². The van der Waals surface area contributed by atoms with Crippen molar-refractivity contribution in [3.8, 4) is 11.5 Å².